The molecule has 0 amide bonds. The number of thioether (sulfide) groups is 1. The molecule has 0 saturated carbocycles. The molecule has 0 radical (unpaired) electrons. The van der Waals surface area contributed by atoms with E-state index in [1.54, 1.807) is 11.8 Å². The Morgan fingerprint density at radius 3 is 2.85 bits per heavy atom. The van der Waals surface area contributed by atoms with Gasteiger partial charge in [-0.15, -0.1) is 0 Å². The number of H-pyrrole nitrogens is 1. The van der Waals surface area contributed by atoms with Gasteiger partial charge in [-0.1, -0.05) is 17.8 Å². The van der Waals surface area contributed by atoms with E-state index in [2.05, 4.69) is 55.1 Å². The number of hydrogen-bond acceptors (Lipinski definition) is 4. The summed E-state index contributed by atoms with van der Waals surface area (Å²) in [5.74, 6) is 0.627. The van der Waals surface area contributed by atoms with Crippen LogP contribution in [0.5, 0.6) is 0 Å². The number of fused-ring (bicyclic) bond motifs is 1. The Hall–Kier alpha value is -1.04. The average molecular weight is 293 g/mol. The predicted molar refractivity (Wildman–Crippen MR) is 85.3 cm³/mol. The zero-order valence-electron chi connectivity index (χ0n) is 12.5. The zero-order valence-corrected chi connectivity index (χ0v) is 13.3. The molecule has 20 heavy (non-hydrogen) atoms. The molecule has 110 valence electrons. The smallest absolute Gasteiger partial charge is 0.166 e. The SMILES string of the molecule is Cc1ccc2nc(SCC(O)CNC(C)(C)C)[nH]c2c1. The van der Waals surface area contributed by atoms with Crippen LogP contribution in [0.15, 0.2) is 23.4 Å². The number of aliphatic hydroxyl groups is 1. The molecule has 0 saturated heterocycles. The van der Waals surface area contributed by atoms with Crippen molar-refractivity contribution in [3.05, 3.63) is 23.8 Å². The molecule has 1 unspecified atom stereocenters. The van der Waals surface area contributed by atoms with Crippen molar-refractivity contribution in [3.63, 3.8) is 0 Å². The Morgan fingerprint density at radius 2 is 2.15 bits per heavy atom. The fourth-order valence-electron chi connectivity index (χ4n) is 1.83. The zero-order chi connectivity index (χ0) is 14.8. The lowest BCUT2D eigenvalue weighted by Gasteiger charge is -2.22. The van der Waals surface area contributed by atoms with E-state index >= 15 is 0 Å². The summed E-state index contributed by atoms with van der Waals surface area (Å²) in [6, 6.07) is 6.16. The first-order valence-corrected chi connectivity index (χ1v) is 7.84. The Kier molecular flexibility index (Phi) is 4.73. The third-order valence-corrected chi connectivity index (χ3v) is 3.91. The summed E-state index contributed by atoms with van der Waals surface area (Å²) >= 11 is 1.55. The van der Waals surface area contributed by atoms with E-state index in [-0.39, 0.29) is 11.6 Å². The Balaban J connectivity index is 1.89. The van der Waals surface area contributed by atoms with Gasteiger partial charge < -0.3 is 15.4 Å². The quantitative estimate of drug-likeness (QED) is 0.742. The summed E-state index contributed by atoms with van der Waals surface area (Å²) < 4.78 is 0. The number of benzene rings is 1. The second-order valence-corrected chi connectivity index (χ2v) is 7.17. The molecule has 0 fully saturated rings. The maximum atomic E-state index is 9.97. The second-order valence-electron chi connectivity index (χ2n) is 6.16. The number of aryl methyl sites for hydroxylation is 1. The number of rotatable bonds is 5. The van der Waals surface area contributed by atoms with Crippen LogP contribution >= 0.6 is 11.8 Å². The first-order chi connectivity index (χ1) is 9.33. The van der Waals surface area contributed by atoms with Crippen LogP contribution < -0.4 is 5.32 Å². The minimum absolute atomic E-state index is 0.0303. The van der Waals surface area contributed by atoms with Crippen molar-refractivity contribution < 1.29 is 5.11 Å². The van der Waals surface area contributed by atoms with Crippen LogP contribution in [0.25, 0.3) is 11.0 Å². The van der Waals surface area contributed by atoms with E-state index in [4.69, 9.17) is 0 Å². The van der Waals surface area contributed by atoms with Crippen LogP contribution in [0.2, 0.25) is 0 Å². The lowest BCUT2D eigenvalue weighted by molar-refractivity contribution is 0.183. The first-order valence-electron chi connectivity index (χ1n) is 6.86. The Morgan fingerprint density at radius 1 is 1.40 bits per heavy atom. The monoisotopic (exact) mass is 293 g/mol. The molecule has 5 heteroatoms. The third-order valence-electron chi connectivity index (χ3n) is 2.90. The fraction of sp³-hybridized carbons (Fsp3) is 0.533. The van der Waals surface area contributed by atoms with Gasteiger partial charge in [0.2, 0.25) is 0 Å². The highest BCUT2D eigenvalue weighted by molar-refractivity contribution is 7.99. The van der Waals surface area contributed by atoms with Crippen LogP contribution in [0, 0.1) is 6.92 Å². The highest BCUT2D eigenvalue weighted by atomic mass is 32.2. The van der Waals surface area contributed by atoms with Crippen LogP contribution in [-0.2, 0) is 0 Å². The summed E-state index contributed by atoms with van der Waals surface area (Å²) in [4.78, 5) is 7.79. The van der Waals surface area contributed by atoms with Gasteiger partial charge in [0.15, 0.2) is 5.16 Å². The number of β-amino-alcohol motifs (C(OH)–C–C–N with tert-alkyl or cyclic N) is 1. The molecule has 0 bridgehead atoms. The molecule has 0 aliphatic rings. The second kappa shape index (κ2) is 6.16. The normalized spacial score (nSPS) is 13.8. The van der Waals surface area contributed by atoms with Gasteiger partial charge in [-0.25, -0.2) is 4.98 Å². The van der Waals surface area contributed by atoms with Crippen LogP contribution in [0.4, 0.5) is 0 Å². The standard InChI is InChI=1S/C15H23N3OS/c1-10-5-6-12-13(7-10)18-14(17-12)20-9-11(19)8-16-15(2,3)4/h5-7,11,16,19H,8-9H2,1-4H3,(H,17,18). The lowest BCUT2D eigenvalue weighted by atomic mass is 10.1. The van der Waals surface area contributed by atoms with Gasteiger partial charge in [0, 0.05) is 17.8 Å². The summed E-state index contributed by atoms with van der Waals surface area (Å²) in [5, 5.41) is 14.1. The molecule has 3 N–H and O–H groups in total. The number of imidazole rings is 1. The van der Waals surface area contributed by atoms with Crippen molar-refractivity contribution in [2.75, 3.05) is 12.3 Å². The molecular weight excluding hydrogens is 270 g/mol. The molecule has 4 nitrogen and oxygen atoms in total. The third kappa shape index (κ3) is 4.51. The van der Waals surface area contributed by atoms with Crippen LogP contribution in [-0.4, -0.2) is 39.0 Å². The summed E-state index contributed by atoms with van der Waals surface area (Å²) in [7, 11) is 0. The number of aliphatic hydroxyl groups excluding tert-OH is 1. The van der Waals surface area contributed by atoms with E-state index in [9.17, 15) is 5.11 Å². The highest BCUT2D eigenvalue weighted by Crippen LogP contribution is 2.20. The van der Waals surface area contributed by atoms with E-state index in [1.165, 1.54) is 5.56 Å². The van der Waals surface area contributed by atoms with Crippen molar-refractivity contribution in [1.29, 1.82) is 0 Å². The highest BCUT2D eigenvalue weighted by Gasteiger charge is 2.13. The van der Waals surface area contributed by atoms with Gasteiger partial charge in [-0.3, -0.25) is 0 Å². The molecule has 1 aromatic heterocycles. The van der Waals surface area contributed by atoms with Crippen LogP contribution in [0.1, 0.15) is 26.3 Å². The molecule has 0 spiro atoms. The van der Waals surface area contributed by atoms with Crippen molar-refractivity contribution in [2.45, 2.75) is 44.5 Å². The number of nitrogens with one attached hydrogen (secondary N) is 2. The maximum Gasteiger partial charge on any atom is 0.166 e. The van der Waals surface area contributed by atoms with Gasteiger partial charge in [0.25, 0.3) is 0 Å². The van der Waals surface area contributed by atoms with Crippen molar-refractivity contribution in [3.8, 4) is 0 Å². The molecule has 0 aliphatic heterocycles. The number of nitrogens with zero attached hydrogens (tertiary/aromatic N) is 1. The molecule has 1 aromatic carbocycles. The van der Waals surface area contributed by atoms with Gasteiger partial charge in [-0.05, 0) is 45.4 Å². The number of aromatic amines is 1. The molecule has 0 aliphatic carbocycles. The van der Waals surface area contributed by atoms with E-state index < -0.39 is 0 Å². The van der Waals surface area contributed by atoms with Crippen molar-refractivity contribution >= 4 is 22.8 Å². The topological polar surface area (TPSA) is 60.9 Å². The maximum absolute atomic E-state index is 9.97. The van der Waals surface area contributed by atoms with Crippen molar-refractivity contribution in [1.82, 2.24) is 15.3 Å². The van der Waals surface area contributed by atoms with Gasteiger partial charge in [0.1, 0.15) is 0 Å². The van der Waals surface area contributed by atoms with Crippen molar-refractivity contribution in [2.24, 2.45) is 0 Å². The molecule has 1 atom stereocenters. The summed E-state index contributed by atoms with van der Waals surface area (Å²) in [6.45, 7) is 8.93. The fourth-order valence-corrected chi connectivity index (χ4v) is 2.64. The van der Waals surface area contributed by atoms with Gasteiger partial charge >= 0.3 is 0 Å². The molecule has 1 heterocycles. The number of hydrogen-bond donors (Lipinski definition) is 3. The van der Waals surface area contributed by atoms with Gasteiger partial charge in [-0.2, -0.15) is 0 Å². The summed E-state index contributed by atoms with van der Waals surface area (Å²) in [6.07, 6.45) is -0.380. The van der Waals surface area contributed by atoms with Crippen LogP contribution in [0.3, 0.4) is 0 Å². The Bertz CT molecular complexity index is 574. The average Bonchev–Trinajstić information content (AvgIpc) is 2.75. The van der Waals surface area contributed by atoms with E-state index in [0.29, 0.717) is 12.3 Å². The van der Waals surface area contributed by atoms with Gasteiger partial charge in [0.05, 0.1) is 17.1 Å². The van der Waals surface area contributed by atoms with E-state index in [1.807, 2.05) is 6.07 Å². The lowest BCUT2D eigenvalue weighted by Crippen LogP contribution is -2.41. The molecule has 2 rings (SSSR count). The largest absolute Gasteiger partial charge is 0.391 e. The van der Waals surface area contributed by atoms with E-state index in [0.717, 1.165) is 16.2 Å². The first kappa shape index (κ1) is 15.4. The summed E-state index contributed by atoms with van der Waals surface area (Å²) in [5.41, 5.74) is 3.27. The molecule has 2 aromatic rings. The predicted octanol–water partition coefficient (Wildman–Crippen LogP) is 2.71. The minimum Gasteiger partial charge on any atom is -0.391 e. The molecular formula is C15H23N3OS. The number of aromatic nitrogens is 2. The Labute approximate surface area is 124 Å². The minimum atomic E-state index is -0.380.